The molecule has 1 aliphatic rings. The molecule has 8 nitrogen and oxygen atoms in total. The Bertz CT molecular complexity index is 740. The van der Waals surface area contributed by atoms with Crippen molar-refractivity contribution in [2.45, 2.75) is 32.2 Å². The zero-order chi connectivity index (χ0) is 16.6. The zero-order valence-corrected chi connectivity index (χ0v) is 13.0. The van der Waals surface area contributed by atoms with Gasteiger partial charge in [-0.25, -0.2) is 9.78 Å². The number of carbonyl (C=O) groups is 2. The average molecular weight is 318 g/mol. The molecule has 0 aliphatic carbocycles. The molecule has 0 unspecified atom stereocenters. The molecule has 0 saturated carbocycles. The molecule has 0 bridgehead atoms. The summed E-state index contributed by atoms with van der Waals surface area (Å²) in [6.07, 6.45) is 5.20. The summed E-state index contributed by atoms with van der Waals surface area (Å²) in [7, 11) is 0. The Kier molecular flexibility index (Phi) is 3.67. The summed E-state index contributed by atoms with van der Waals surface area (Å²) in [6, 6.07) is 0. The molecule has 122 valence electrons. The number of aliphatic carboxylic acids is 1. The minimum absolute atomic E-state index is 0.230. The van der Waals surface area contributed by atoms with Crippen LogP contribution in [0.1, 0.15) is 34.7 Å². The van der Waals surface area contributed by atoms with Crippen LogP contribution in [0, 0.1) is 13.8 Å². The van der Waals surface area contributed by atoms with E-state index in [0.29, 0.717) is 31.7 Å². The number of likely N-dealkylation sites (tertiary alicyclic amines) is 1. The van der Waals surface area contributed by atoms with Gasteiger partial charge in [0, 0.05) is 32.1 Å². The lowest BCUT2D eigenvalue weighted by Gasteiger charge is -2.38. The first-order chi connectivity index (χ1) is 10.9. The highest BCUT2D eigenvalue weighted by molar-refractivity contribution is 5.93. The topological polar surface area (TPSA) is 101 Å². The van der Waals surface area contributed by atoms with Crippen molar-refractivity contribution in [3.05, 3.63) is 35.8 Å². The summed E-state index contributed by atoms with van der Waals surface area (Å²) in [6.45, 7) is 4.20. The maximum Gasteiger partial charge on any atom is 0.331 e. The first-order valence-corrected chi connectivity index (χ1v) is 7.38. The number of piperidine rings is 1. The number of carboxylic acids is 1. The Morgan fingerprint density at radius 3 is 2.48 bits per heavy atom. The average Bonchev–Trinajstić information content (AvgIpc) is 3.15. The second-order valence-electron chi connectivity index (χ2n) is 5.85. The van der Waals surface area contributed by atoms with Crippen LogP contribution < -0.4 is 0 Å². The van der Waals surface area contributed by atoms with Crippen LogP contribution in [0.4, 0.5) is 0 Å². The predicted octanol–water partition coefficient (Wildman–Crippen LogP) is 1.20. The van der Waals surface area contributed by atoms with E-state index in [-0.39, 0.29) is 11.6 Å². The van der Waals surface area contributed by atoms with E-state index in [2.05, 4.69) is 10.1 Å². The number of carbonyl (C=O) groups excluding carboxylic acids is 1. The Labute approximate surface area is 132 Å². The molecule has 1 saturated heterocycles. The van der Waals surface area contributed by atoms with Crippen LogP contribution in [0.5, 0.6) is 0 Å². The number of aryl methyl sites for hydroxylation is 2. The minimum atomic E-state index is -1.11. The Morgan fingerprint density at radius 2 is 2.00 bits per heavy atom. The second-order valence-corrected chi connectivity index (χ2v) is 5.85. The van der Waals surface area contributed by atoms with Crippen LogP contribution in [0.15, 0.2) is 23.2 Å². The first-order valence-electron chi connectivity index (χ1n) is 7.38. The van der Waals surface area contributed by atoms with Crippen molar-refractivity contribution in [3.8, 4) is 0 Å². The number of nitrogens with zero attached hydrogens (tertiary/aromatic N) is 4. The Balaban J connectivity index is 1.79. The number of oxazole rings is 1. The van der Waals surface area contributed by atoms with Gasteiger partial charge in [0.2, 0.25) is 0 Å². The normalized spacial score (nSPS) is 17.2. The lowest BCUT2D eigenvalue weighted by molar-refractivity contribution is -0.150. The van der Waals surface area contributed by atoms with Crippen molar-refractivity contribution in [3.63, 3.8) is 0 Å². The summed E-state index contributed by atoms with van der Waals surface area (Å²) in [5, 5.41) is 13.9. The molecule has 1 amide bonds. The van der Waals surface area contributed by atoms with Crippen molar-refractivity contribution < 1.29 is 19.1 Å². The zero-order valence-electron chi connectivity index (χ0n) is 13.0. The summed E-state index contributed by atoms with van der Waals surface area (Å²) in [4.78, 5) is 29.8. The van der Waals surface area contributed by atoms with Crippen LogP contribution in [0.2, 0.25) is 0 Å². The van der Waals surface area contributed by atoms with Crippen LogP contribution in [-0.4, -0.2) is 49.7 Å². The molecule has 0 spiro atoms. The number of carboxylic acid groups (broad SMARTS) is 1. The largest absolute Gasteiger partial charge is 0.479 e. The summed E-state index contributed by atoms with van der Waals surface area (Å²) < 4.78 is 6.57. The number of rotatable bonds is 3. The molecule has 0 atom stereocenters. The lowest BCUT2D eigenvalue weighted by Crippen LogP contribution is -2.52. The molecule has 2 aromatic rings. The van der Waals surface area contributed by atoms with E-state index >= 15 is 0 Å². The van der Waals surface area contributed by atoms with Gasteiger partial charge >= 0.3 is 5.97 Å². The van der Waals surface area contributed by atoms with Crippen LogP contribution in [-0.2, 0) is 10.3 Å². The highest BCUT2D eigenvalue weighted by atomic mass is 16.4. The molecule has 3 heterocycles. The molecule has 0 aromatic carbocycles. The number of aromatic nitrogens is 3. The number of hydrogen-bond donors (Lipinski definition) is 1. The van der Waals surface area contributed by atoms with Crippen molar-refractivity contribution in [2.75, 3.05) is 13.1 Å². The Morgan fingerprint density at radius 1 is 1.30 bits per heavy atom. The molecular weight excluding hydrogens is 300 g/mol. The minimum Gasteiger partial charge on any atom is -0.479 e. The summed E-state index contributed by atoms with van der Waals surface area (Å²) >= 11 is 0. The van der Waals surface area contributed by atoms with Gasteiger partial charge in [-0.3, -0.25) is 9.48 Å². The molecule has 8 heteroatoms. The van der Waals surface area contributed by atoms with Gasteiger partial charge in [0.05, 0.1) is 6.20 Å². The maximum atomic E-state index is 12.4. The van der Waals surface area contributed by atoms with Gasteiger partial charge in [-0.05, 0) is 19.4 Å². The molecule has 2 aromatic heterocycles. The number of hydrogen-bond acceptors (Lipinski definition) is 5. The van der Waals surface area contributed by atoms with Gasteiger partial charge in [0.1, 0.15) is 5.76 Å². The monoisotopic (exact) mass is 318 g/mol. The fourth-order valence-corrected chi connectivity index (χ4v) is 2.93. The van der Waals surface area contributed by atoms with Gasteiger partial charge < -0.3 is 14.4 Å². The molecular formula is C15H18N4O4. The molecule has 1 N–H and O–H groups in total. The molecule has 23 heavy (non-hydrogen) atoms. The van der Waals surface area contributed by atoms with Crippen LogP contribution in [0.25, 0.3) is 0 Å². The quantitative estimate of drug-likeness (QED) is 0.912. The fraction of sp³-hybridized carbons (Fsp3) is 0.467. The van der Waals surface area contributed by atoms with E-state index in [9.17, 15) is 14.7 Å². The maximum absolute atomic E-state index is 12.4. The van der Waals surface area contributed by atoms with Gasteiger partial charge in [0.15, 0.2) is 17.6 Å². The third kappa shape index (κ3) is 2.49. The third-order valence-corrected chi connectivity index (χ3v) is 4.37. The van der Waals surface area contributed by atoms with E-state index < -0.39 is 11.5 Å². The Hall–Kier alpha value is -2.64. The third-order valence-electron chi connectivity index (χ3n) is 4.37. The van der Waals surface area contributed by atoms with E-state index in [1.165, 1.54) is 11.1 Å². The van der Waals surface area contributed by atoms with Gasteiger partial charge in [-0.1, -0.05) is 0 Å². The smallest absolute Gasteiger partial charge is 0.331 e. The summed E-state index contributed by atoms with van der Waals surface area (Å²) in [5.74, 6) is -0.690. The van der Waals surface area contributed by atoms with Crippen LogP contribution >= 0.6 is 0 Å². The molecule has 1 aliphatic heterocycles. The van der Waals surface area contributed by atoms with E-state index in [1.54, 1.807) is 24.2 Å². The van der Waals surface area contributed by atoms with E-state index in [1.807, 2.05) is 6.92 Å². The van der Waals surface area contributed by atoms with Gasteiger partial charge in [-0.15, -0.1) is 0 Å². The first kappa shape index (κ1) is 15.3. The standard InChI is InChI=1S/C15H18N4O4/c1-10-7-17-19(8-10)15(14(21)22)3-5-18(6-4-15)13(20)12-11(2)23-9-16-12/h7-9H,3-6H2,1-2H3,(H,21,22). The molecule has 0 radical (unpaired) electrons. The highest BCUT2D eigenvalue weighted by Crippen LogP contribution is 2.31. The lowest BCUT2D eigenvalue weighted by atomic mass is 9.87. The molecule has 3 rings (SSSR count). The van der Waals surface area contributed by atoms with E-state index in [0.717, 1.165) is 5.56 Å². The summed E-state index contributed by atoms with van der Waals surface area (Å²) in [5.41, 5.74) is 0.0781. The second kappa shape index (κ2) is 5.53. The highest BCUT2D eigenvalue weighted by Gasteiger charge is 2.45. The number of amides is 1. The van der Waals surface area contributed by atoms with Crippen LogP contribution in [0.3, 0.4) is 0 Å². The van der Waals surface area contributed by atoms with Crippen molar-refractivity contribution in [2.24, 2.45) is 0 Å². The van der Waals surface area contributed by atoms with Gasteiger partial charge in [-0.2, -0.15) is 5.10 Å². The predicted molar refractivity (Wildman–Crippen MR) is 79.0 cm³/mol. The van der Waals surface area contributed by atoms with Crippen molar-refractivity contribution >= 4 is 11.9 Å². The molecule has 1 fully saturated rings. The van der Waals surface area contributed by atoms with Gasteiger partial charge in [0.25, 0.3) is 5.91 Å². The fourth-order valence-electron chi connectivity index (χ4n) is 2.93. The van der Waals surface area contributed by atoms with Crippen molar-refractivity contribution in [1.29, 1.82) is 0 Å². The van der Waals surface area contributed by atoms with Crippen molar-refractivity contribution in [1.82, 2.24) is 19.7 Å². The van der Waals surface area contributed by atoms with E-state index in [4.69, 9.17) is 4.42 Å². The SMILES string of the molecule is Cc1cnn(C2(C(=O)O)CCN(C(=O)c3ncoc3C)CC2)c1.